The number of nitrogens with zero attached hydrogens (tertiary/aromatic N) is 2. The summed E-state index contributed by atoms with van der Waals surface area (Å²) in [6.45, 7) is 0. The van der Waals surface area contributed by atoms with Gasteiger partial charge in [0.1, 0.15) is 0 Å². The van der Waals surface area contributed by atoms with Crippen molar-refractivity contribution >= 4 is 34.2 Å². The van der Waals surface area contributed by atoms with Crippen LogP contribution >= 0.6 is 22.6 Å². The number of halogens is 1. The first-order valence-corrected chi connectivity index (χ1v) is 5.49. The molecule has 2 rings (SSSR count). The molecule has 0 atom stereocenters. The minimum Gasteiger partial charge on any atom is -0.478 e. The van der Waals surface area contributed by atoms with E-state index in [9.17, 15) is 4.79 Å². The summed E-state index contributed by atoms with van der Waals surface area (Å²) in [7, 11) is 0. The third-order valence-electron chi connectivity index (χ3n) is 2.07. The molecule has 1 aromatic carbocycles. The van der Waals surface area contributed by atoms with E-state index in [4.69, 9.17) is 10.8 Å². The van der Waals surface area contributed by atoms with Gasteiger partial charge < -0.3 is 10.8 Å². The van der Waals surface area contributed by atoms with E-state index in [1.165, 1.54) is 12.1 Å². The van der Waals surface area contributed by atoms with E-state index in [0.717, 1.165) is 3.57 Å². The van der Waals surface area contributed by atoms with Crippen LogP contribution in [-0.2, 0) is 0 Å². The Morgan fingerprint density at radius 2 is 2.25 bits per heavy atom. The lowest BCUT2D eigenvalue weighted by molar-refractivity contribution is 0.0697. The molecule has 0 unspecified atom stereocenters. The number of nitrogen functional groups attached to an aromatic ring is 1. The van der Waals surface area contributed by atoms with Crippen molar-refractivity contribution in [2.45, 2.75) is 0 Å². The number of hydrogen-bond donors (Lipinski definition) is 2. The summed E-state index contributed by atoms with van der Waals surface area (Å²) in [6, 6.07) is 4.57. The number of benzene rings is 1. The maximum atomic E-state index is 10.7. The zero-order valence-electron chi connectivity index (χ0n) is 8.09. The van der Waals surface area contributed by atoms with Gasteiger partial charge in [0, 0.05) is 6.20 Å². The molecule has 5 nitrogen and oxygen atoms in total. The van der Waals surface area contributed by atoms with Gasteiger partial charge in [0.25, 0.3) is 0 Å². The van der Waals surface area contributed by atoms with Crippen LogP contribution in [0.15, 0.2) is 30.6 Å². The Balaban J connectivity index is 2.47. The predicted molar refractivity (Wildman–Crippen MR) is 67.7 cm³/mol. The number of anilines is 1. The lowest BCUT2D eigenvalue weighted by atomic mass is 10.2. The number of nitrogens with two attached hydrogens (primary N) is 1. The Morgan fingerprint density at radius 3 is 2.75 bits per heavy atom. The summed E-state index contributed by atoms with van der Waals surface area (Å²) < 4.78 is 2.60. The number of carboxylic acid groups (broad SMARTS) is 1. The fraction of sp³-hybridized carbons (Fsp3) is 0. The first-order chi connectivity index (χ1) is 7.58. The summed E-state index contributed by atoms with van der Waals surface area (Å²) in [6.07, 6.45) is 3.51. The van der Waals surface area contributed by atoms with Crippen LogP contribution in [0.2, 0.25) is 0 Å². The SMILES string of the molecule is Nc1cc(C(=O)O)ccc1-n1cc(I)cn1. The topological polar surface area (TPSA) is 81.1 Å². The molecule has 0 aliphatic heterocycles. The van der Waals surface area contributed by atoms with E-state index in [2.05, 4.69) is 27.7 Å². The first-order valence-electron chi connectivity index (χ1n) is 4.41. The van der Waals surface area contributed by atoms with Crippen molar-refractivity contribution in [2.24, 2.45) is 0 Å². The number of carbonyl (C=O) groups is 1. The van der Waals surface area contributed by atoms with Crippen molar-refractivity contribution in [2.75, 3.05) is 5.73 Å². The third-order valence-corrected chi connectivity index (χ3v) is 2.63. The predicted octanol–water partition coefficient (Wildman–Crippen LogP) is 1.76. The highest BCUT2D eigenvalue weighted by molar-refractivity contribution is 14.1. The molecule has 0 bridgehead atoms. The molecule has 6 heteroatoms. The highest BCUT2D eigenvalue weighted by Crippen LogP contribution is 2.19. The smallest absolute Gasteiger partial charge is 0.335 e. The molecule has 0 aliphatic rings. The fourth-order valence-electron chi connectivity index (χ4n) is 1.33. The number of aromatic carboxylic acids is 1. The van der Waals surface area contributed by atoms with E-state index < -0.39 is 5.97 Å². The van der Waals surface area contributed by atoms with Gasteiger partial charge in [-0.1, -0.05) is 0 Å². The molecule has 0 aliphatic carbocycles. The molecule has 0 saturated carbocycles. The zero-order chi connectivity index (χ0) is 11.7. The number of aromatic nitrogens is 2. The summed E-state index contributed by atoms with van der Waals surface area (Å²) >= 11 is 2.14. The molecule has 3 N–H and O–H groups in total. The van der Waals surface area contributed by atoms with Gasteiger partial charge in [0.2, 0.25) is 0 Å². The van der Waals surface area contributed by atoms with Crippen molar-refractivity contribution < 1.29 is 9.90 Å². The molecule has 1 heterocycles. The second-order valence-electron chi connectivity index (χ2n) is 3.18. The molecule has 1 aromatic heterocycles. The maximum absolute atomic E-state index is 10.7. The van der Waals surface area contributed by atoms with Crippen LogP contribution in [0.3, 0.4) is 0 Å². The van der Waals surface area contributed by atoms with Crippen molar-refractivity contribution in [1.29, 1.82) is 0 Å². The molecular formula is C10H8IN3O2. The Labute approximate surface area is 105 Å². The van der Waals surface area contributed by atoms with Crippen LogP contribution in [0, 0.1) is 3.57 Å². The quantitative estimate of drug-likeness (QED) is 0.650. The second-order valence-corrected chi connectivity index (χ2v) is 4.43. The van der Waals surface area contributed by atoms with E-state index in [1.54, 1.807) is 16.9 Å². The van der Waals surface area contributed by atoms with E-state index in [0.29, 0.717) is 11.4 Å². The Kier molecular flexibility index (Phi) is 2.82. The highest BCUT2D eigenvalue weighted by atomic mass is 127. The Hall–Kier alpha value is -1.57. The molecular weight excluding hydrogens is 321 g/mol. The average molecular weight is 329 g/mol. The van der Waals surface area contributed by atoms with E-state index >= 15 is 0 Å². The van der Waals surface area contributed by atoms with Gasteiger partial charge in [0.05, 0.1) is 26.7 Å². The summed E-state index contributed by atoms with van der Waals surface area (Å²) in [4.78, 5) is 10.7. The van der Waals surface area contributed by atoms with Crippen LogP contribution in [0.4, 0.5) is 5.69 Å². The first kappa shape index (κ1) is 10.9. The third kappa shape index (κ3) is 2.01. The van der Waals surface area contributed by atoms with Gasteiger partial charge in [-0.25, -0.2) is 9.48 Å². The average Bonchev–Trinajstić information content (AvgIpc) is 2.64. The molecule has 0 radical (unpaired) electrons. The zero-order valence-corrected chi connectivity index (χ0v) is 10.2. The molecule has 2 aromatic rings. The molecule has 0 fully saturated rings. The maximum Gasteiger partial charge on any atom is 0.335 e. The summed E-state index contributed by atoms with van der Waals surface area (Å²) in [5.74, 6) is -0.992. The lowest BCUT2D eigenvalue weighted by Gasteiger charge is -2.06. The van der Waals surface area contributed by atoms with Crippen LogP contribution in [-0.4, -0.2) is 20.9 Å². The molecule has 0 spiro atoms. The van der Waals surface area contributed by atoms with Gasteiger partial charge in [-0.3, -0.25) is 0 Å². The van der Waals surface area contributed by atoms with Crippen LogP contribution < -0.4 is 5.73 Å². The van der Waals surface area contributed by atoms with Crippen LogP contribution in [0.25, 0.3) is 5.69 Å². The number of rotatable bonds is 2. The Bertz CT molecular complexity index is 551. The van der Waals surface area contributed by atoms with Crippen LogP contribution in [0.5, 0.6) is 0 Å². The highest BCUT2D eigenvalue weighted by Gasteiger charge is 2.08. The van der Waals surface area contributed by atoms with E-state index in [1.807, 2.05) is 6.20 Å². The minimum atomic E-state index is -0.992. The summed E-state index contributed by atoms with van der Waals surface area (Å²) in [5.41, 5.74) is 7.01. The van der Waals surface area contributed by atoms with Crippen molar-refractivity contribution in [3.63, 3.8) is 0 Å². The van der Waals surface area contributed by atoms with Gasteiger partial charge in [-0.15, -0.1) is 0 Å². The van der Waals surface area contributed by atoms with Gasteiger partial charge in [-0.05, 0) is 40.8 Å². The standard InChI is InChI=1S/C10H8IN3O2/c11-7-4-13-14(5-7)9-2-1-6(10(15)16)3-8(9)12/h1-5H,12H2,(H,15,16). The van der Waals surface area contributed by atoms with E-state index in [-0.39, 0.29) is 5.56 Å². The summed E-state index contributed by atoms with van der Waals surface area (Å²) in [5, 5.41) is 12.9. The normalized spacial score (nSPS) is 10.3. The van der Waals surface area contributed by atoms with Crippen molar-refractivity contribution in [3.05, 3.63) is 39.7 Å². The monoisotopic (exact) mass is 329 g/mol. The fourth-order valence-corrected chi connectivity index (χ4v) is 1.72. The van der Waals surface area contributed by atoms with Crippen molar-refractivity contribution in [1.82, 2.24) is 9.78 Å². The van der Waals surface area contributed by atoms with Gasteiger partial charge >= 0.3 is 5.97 Å². The second kappa shape index (κ2) is 4.12. The molecule has 0 saturated heterocycles. The van der Waals surface area contributed by atoms with Gasteiger partial charge in [0.15, 0.2) is 0 Å². The molecule has 82 valence electrons. The van der Waals surface area contributed by atoms with Crippen molar-refractivity contribution in [3.8, 4) is 5.69 Å². The van der Waals surface area contributed by atoms with Crippen LogP contribution in [0.1, 0.15) is 10.4 Å². The minimum absolute atomic E-state index is 0.170. The lowest BCUT2D eigenvalue weighted by Crippen LogP contribution is -2.03. The van der Waals surface area contributed by atoms with Gasteiger partial charge in [-0.2, -0.15) is 5.10 Å². The largest absolute Gasteiger partial charge is 0.478 e. The number of hydrogen-bond acceptors (Lipinski definition) is 3. The number of carboxylic acids is 1. The Morgan fingerprint density at radius 1 is 1.50 bits per heavy atom. The molecule has 16 heavy (non-hydrogen) atoms. The molecule has 0 amide bonds.